The van der Waals surface area contributed by atoms with Crippen molar-refractivity contribution in [3.8, 4) is 0 Å². The Morgan fingerprint density at radius 2 is 1.81 bits per heavy atom. The van der Waals surface area contributed by atoms with Crippen LogP contribution in [0.25, 0.3) is 0 Å². The van der Waals surface area contributed by atoms with Crippen LogP contribution in [0.1, 0.15) is 45.4 Å². The maximum absolute atomic E-state index is 3.13. The van der Waals surface area contributed by atoms with Gasteiger partial charge in [-0.1, -0.05) is 45.2 Å². The third-order valence-corrected chi connectivity index (χ3v) is 2.42. The molecule has 0 fully saturated rings. The first-order valence-electron chi connectivity index (χ1n) is 5.70. The standard InChI is InChI=1S/C12H21N2.ClH.Mg/c1-2-3-4-5-6-8-11-14-12-9-7-10-13-14;;/h9-10,12-13H,2-6,8,11H2,1H3;1H;/q-1;;+2/p-1. The molecule has 88 valence electrons. The van der Waals surface area contributed by atoms with Gasteiger partial charge in [-0.05, 0) is 6.42 Å². The average Bonchev–Trinajstić information content (AvgIpc) is 2.25. The fraction of sp³-hybridized carbons (Fsp3) is 0.667. The number of halogens is 1. The van der Waals surface area contributed by atoms with Crippen molar-refractivity contribution in [2.24, 2.45) is 0 Å². The molecule has 0 atom stereocenters. The molecule has 1 aliphatic rings. The number of hydrazine groups is 1. The molecule has 0 aromatic carbocycles. The first-order chi connectivity index (χ1) is 6.93. The average molecular weight is 253 g/mol. The Morgan fingerprint density at radius 1 is 1.12 bits per heavy atom. The van der Waals surface area contributed by atoms with E-state index in [1.165, 1.54) is 38.5 Å². The van der Waals surface area contributed by atoms with Crippen LogP contribution in [0.15, 0.2) is 18.5 Å². The van der Waals surface area contributed by atoms with Gasteiger partial charge in [0.25, 0.3) is 0 Å². The van der Waals surface area contributed by atoms with Crippen LogP contribution in [0.4, 0.5) is 0 Å². The van der Waals surface area contributed by atoms with Crippen molar-refractivity contribution in [3.63, 3.8) is 0 Å². The minimum Gasteiger partial charge on any atom is -1.00 e. The number of nitrogens with one attached hydrogen (secondary N) is 1. The minimum atomic E-state index is 0. The Hall–Kier alpha value is 0.136. The van der Waals surface area contributed by atoms with Crippen molar-refractivity contribution in [2.45, 2.75) is 45.4 Å². The molecule has 1 N–H and O–H groups in total. The number of hydrogen-bond acceptors (Lipinski definition) is 2. The SMILES string of the molecule is CCCCCCCCN1C=C[C-]=CN1.[Cl-].[Mg+2]. The van der Waals surface area contributed by atoms with E-state index in [2.05, 4.69) is 23.4 Å². The molecule has 0 aliphatic carbocycles. The first kappa shape index (κ1) is 18.5. The maximum Gasteiger partial charge on any atom is 2.00 e. The van der Waals surface area contributed by atoms with Crippen LogP contribution < -0.4 is 17.8 Å². The van der Waals surface area contributed by atoms with E-state index in [0.717, 1.165) is 6.54 Å². The van der Waals surface area contributed by atoms with Gasteiger partial charge in [-0.3, -0.25) is 0 Å². The molecule has 0 saturated carbocycles. The van der Waals surface area contributed by atoms with Gasteiger partial charge < -0.3 is 22.8 Å². The molecule has 1 heterocycles. The van der Waals surface area contributed by atoms with Gasteiger partial charge in [0, 0.05) is 6.54 Å². The molecule has 16 heavy (non-hydrogen) atoms. The van der Waals surface area contributed by atoms with Gasteiger partial charge in [-0.25, -0.2) is 12.2 Å². The normalized spacial score (nSPS) is 12.7. The van der Waals surface area contributed by atoms with Gasteiger partial charge in [-0.15, -0.1) is 6.20 Å². The fourth-order valence-electron chi connectivity index (χ4n) is 1.55. The molecule has 0 amide bonds. The van der Waals surface area contributed by atoms with Gasteiger partial charge >= 0.3 is 23.1 Å². The summed E-state index contributed by atoms with van der Waals surface area (Å²) in [7, 11) is 0. The summed E-state index contributed by atoms with van der Waals surface area (Å²) < 4.78 is 0. The van der Waals surface area contributed by atoms with E-state index in [-0.39, 0.29) is 35.5 Å². The predicted molar refractivity (Wildman–Crippen MR) is 65.9 cm³/mol. The fourth-order valence-corrected chi connectivity index (χ4v) is 1.55. The molecule has 1 rings (SSSR count). The van der Waals surface area contributed by atoms with E-state index in [0.29, 0.717) is 0 Å². The summed E-state index contributed by atoms with van der Waals surface area (Å²) in [5.41, 5.74) is 3.13. The van der Waals surface area contributed by atoms with E-state index < -0.39 is 0 Å². The summed E-state index contributed by atoms with van der Waals surface area (Å²) in [5.74, 6) is 0. The van der Waals surface area contributed by atoms with E-state index in [9.17, 15) is 0 Å². The summed E-state index contributed by atoms with van der Waals surface area (Å²) in [6.45, 7) is 3.35. The molecule has 0 bridgehead atoms. The molecule has 1 aliphatic heterocycles. The van der Waals surface area contributed by atoms with Crippen molar-refractivity contribution in [3.05, 3.63) is 24.6 Å². The van der Waals surface area contributed by atoms with Crippen LogP contribution in [0, 0.1) is 6.08 Å². The topological polar surface area (TPSA) is 15.3 Å². The number of allylic oxidation sites excluding steroid dienone is 2. The second-order valence-electron chi connectivity index (χ2n) is 3.72. The Kier molecular flexibility index (Phi) is 15.3. The Balaban J connectivity index is 0. The number of rotatable bonds is 7. The number of unbranched alkanes of at least 4 members (excludes halogenated alkanes) is 5. The number of nitrogens with zero attached hydrogens (tertiary/aromatic N) is 1. The molecule has 0 aromatic rings. The van der Waals surface area contributed by atoms with Crippen molar-refractivity contribution in [1.29, 1.82) is 0 Å². The van der Waals surface area contributed by atoms with E-state index in [1.807, 2.05) is 18.5 Å². The van der Waals surface area contributed by atoms with Crippen molar-refractivity contribution < 1.29 is 12.4 Å². The zero-order valence-corrected chi connectivity index (χ0v) is 12.4. The smallest absolute Gasteiger partial charge is 1.00 e. The van der Waals surface area contributed by atoms with Crippen molar-refractivity contribution in [2.75, 3.05) is 6.54 Å². The maximum atomic E-state index is 3.13. The summed E-state index contributed by atoms with van der Waals surface area (Å²) in [5, 5.41) is 2.11. The van der Waals surface area contributed by atoms with Crippen LogP contribution in [-0.4, -0.2) is 34.6 Å². The predicted octanol–water partition coefficient (Wildman–Crippen LogP) is -0.379. The minimum absolute atomic E-state index is 0. The second-order valence-corrected chi connectivity index (χ2v) is 3.72. The third-order valence-electron chi connectivity index (χ3n) is 2.42. The Bertz CT molecular complexity index is 195. The zero-order valence-electron chi connectivity index (χ0n) is 10.2. The van der Waals surface area contributed by atoms with Gasteiger partial charge in [0.1, 0.15) is 0 Å². The van der Waals surface area contributed by atoms with Crippen LogP contribution in [0.5, 0.6) is 0 Å². The third kappa shape index (κ3) is 9.37. The molecule has 0 unspecified atom stereocenters. The molecule has 0 radical (unpaired) electrons. The Labute approximate surface area is 122 Å². The van der Waals surface area contributed by atoms with Crippen molar-refractivity contribution in [1.82, 2.24) is 10.4 Å². The van der Waals surface area contributed by atoms with E-state index in [4.69, 9.17) is 0 Å². The van der Waals surface area contributed by atoms with Crippen LogP contribution in [0.2, 0.25) is 0 Å². The summed E-state index contributed by atoms with van der Waals surface area (Å²) in [6.07, 6.45) is 16.9. The number of hydrogen-bond donors (Lipinski definition) is 1. The second kappa shape index (κ2) is 13.2. The zero-order chi connectivity index (χ0) is 10.1. The summed E-state index contributed by atoms with van der Waals surface area (Å²) in [4.78, 5) is 0. The van der Waals surface area contributed by atoms with Gasteiger partial charge in [0.15, 0.2) is 0 Å². The molecule has 0 spiro atoms. The van der Waals surface area contributed by atoms with Gasteiger partial charge in [-0.2, -0.15) is 0 Å². The molecule has 2 nitrogen and oxygen atoms in total. The molecule has 0 saturated heterocycles. The van der Waals surface area contributed by atoms with Crippen molar-refractivity contribution >= 4 is 23.1 Å². The van der Waals surface area contributed by atoms with Gasteiger partial charge in [0.2, 0.25) is 0 Å². The molecule has 4 heteroatoms. The van der Waals surface area contributed by atoms with E-state index >= 15 is 0 Å². The molecule has 0 aromatic heterocycles. The van der Waals surface area contributed by atoms with Gasteiger partial charge in [0.05, 0.1) is 0 Å². The van der Waals surface area contributed by atoms with Crippen LogP contribution in [-0.2, 0) is 0 Å². The largest absolute Gasteiger partial charge is 2.00 e. The van der Waals surface area contributed by atoms with Crippen LogP contribution in [0.3, 0.4) is 0 Å². The quantitative estimate of drug-likeness (QED) is 0.378. The molecular weight excluding hydrogens is 232 g/mol. The van der Waals surface area contributed by atoms with Crippen LogP contribution >= 0.6 is 0 Å². The molecular formula is C12H21ClMgN2. The summed E-state index contributed by atoms with van der Waals surface area (Å²) >= 11 is 0. The monoisotopic (exact) mass is 252 g/mol. The first-order valence-corrected chi connectivity index (χ1v) is 5.70. The summed E-state index contributed by atoms with van der Waals surface area (Å²) in [6, 6.07) is 0. The van der Waals surface area contributed by atoms with E-state index in [1.54, 1.807) is 0 Å². The Morgan fingerprint density at radius 3 is 2.44 bits per heavy atom.